The molecule has 3 heteroatoms. The van der Waals surface area contributed by atoms with E-state index in [2.05, 4.69) is 0 Å². The average molecular weight is 188 g/mol. The molecule has 0 saturated heterocycles. The summed E-state index contributed by atoms with van der Waals surface area (Å²) in [6, 6.07) is 0. The highest BCUT2D eigenvalue weighted by atomic mass is 16.4. The van der Waals surface area contributed by atoms with Crippen molar-refractivity contribution in [2.24, 2.45) is 11.8 Å². The molecule has 0 aliphatic heterocycles. The standard InChI is InChI=1S/C10H20O3/c1-6(2)7-4-5-10(3,13)9(12)8(7)11/h6-9,11-13H,4-5H2,1-3H3/t7-,8-,9-,10-/m1/s1. The van der Waals surface area contributed by atoms with Gasteiger partial charge in [-0.05, 0) is 31.6 Å². The number of hydrogen-bond acceptors (Lipinski definition) is 3. The molecule has 78 valence electrons. The zero-order valence-electron chi connectivity index (χ0n) is 8.57. The number of rotatable bonds is 1. The van der Waals surface area contributed by atoms with Crippen LogP contribution in [0.3, 0.4) is 0 Å². The van der Waals surface area contributed by atoms with E-state index in [9.17, 15) is 15.3 Å². The molecule has 1 aliphatic rings. The van der Waals surface area contributed by atoms with Crippen molar-refractivity contribution in [1.82, 2.24) is 0 Å². The highest BCUT2D eigenvalue weighted by molar-refractivity contribution is 4.95. The Labute approximate surface area is 79.4 Å². The van der Waals surface area contributed by atoms with Crippen LogP contribution < -0.4 is 0 Å². The first kappa shape index (κ1) is 11.0. The summed E-state index contributed by atoms with van der Waals surface area (Å²) < 4.78 is 0. The van der Waals surface area contributed by atoms with Crippen LogP contribution >= 0.6 is 0 Å². The second kappa shape index (κ2) is 3.56. The van der Waals surface area contributed by atoms with E-state index in [0.717, 1.165) is 6.42 Å². The normalized spacial score (nSPS) is 46.8. The molecular formula is C10H20O3. The molecule has 1 aliphatic carbocycles. The van der Waals surface area contributed by atoms with Gasteiger partial charge in [0.2, 0.25) is 0 Å². The van der Waals surface area contributed by atoms with Crippen molar-refractivity contribution in [2.45, 2.75) is 51.4 Å². The number of aliphatic hydroxyl groups is 3. The average Bonchev–Trinajstić information content (AvgIpc) is 2.00. The lowest BCUT2D eigenvalue weighted by Gasteiger charge is -2.43. The lowest BCUT2D eigenvalue weighted by atomic mass is 9.71. The van der Waals surface area contributed by atoms with Crippen molar-refractivity contribution >= 4 is 0 Å². The Balaban J connectivity index is 2.70. The summed E-state index contributed by atoms with van der Waals surface area (Å²) in [5, 5.41) is 29.1. The van der Waals surface area contributed by atoms with Crippen LogP contribution in [0.15, 0.2) is 0 Å². The van der Waals surface area contributed by atoms with Gasteiger partial charge in [0.25, 0.3) is 0 Å². The molecule has 13 heavy (non-hydrogen) atoms. The Morgan fingerprint density at radius 1 is 1.31 bits per heavy atom. The van der Waals surface area contributed by atoms with Crippen molar-refractivity contribution in [3.63, 3.8) is 0 Å². The van der Waals surface area contributed by atoms with Gasteiger partial charge in [0.1, 0.15) is 6.10 Å². The predicted molar refractivity (Wildman–Crippen MR) is 50.2 cm³/mol. The lowest BCUT2D eigenvalue weighted by molar-refractivity contribution is -0.166. The second-order valence-corrected chi connectivity index (χ2v) is 4.74. The summed E-state index contributed by atoms with van der Waals surface area (Å²) in [5.74, 6) is 0.455. The summed E-state index contributed by atoms with van der Waals surface area (Å²) in [4.78, 5) is 0. The molecule has 0 heterocycles. The molecule has 4 atom stereocenters. The van der Waals surface area contributed by atoms with Gasteiger partial charge in [-0.2, -0.15) is 0 Å². The van der Waals surface area contributed by atoms with Crippen LogP contribution in [-0.2, 0) is 0 Å². The highest BCUT2D eigenvalue weighted by Gasteiger charge is 2.44. The predicted octanol–water partition coefficient (Wildman–Crippen LogP) is 0.525. The van der Waals surface area contributed by atoms with Gasteiger partial charge < -0.3 is 15.3 Å². The molecule has 0 spiro atoms. The van der Waals surface area contributed by atoms with Crippen molar-refractivity contribution in [3.8, 4) is 0 Å². The smallest absolute Gasteiger partial charge is 0.108 e. The maximum atomic E-state index is 9.73. The van der Waals surface area contributed by atoms with Crippen LogP contribution in [0, 0.1) is 11.8 Å². The molecule has 1 fully saturated rings. The molecule has 1 saturated carbocycles. The monoisotopic (exact) mass is 188 g/mol. The fraction of sp³-hybridized carbons (Fsp3) is 1.00. The number of hydrogen-bond donors (Lipinski definition) is 3. The first-order valence-corrected chi connectivity index (χ1v) is 4.95. The van der Waals surface area contributed by atoms with E-state index in [-0.39, 0.29) is 5.92 Å². The Morgan fingerprint density at radius 2 is 1.85 bits per heavy atom. The fourth-order valence-electron chi connectivity index (χ4n) is 2.11. The zero-order valence-corrected chi connectivity index (χ0v) is 8.57. The molecule has 3 N–H and O–H groups in total. The summed E-state index contributed by atoms with van der Waals surface area (Å²) in [6.45, 7) is 5.64. The van der Waals surface area contributed by atoms with E-state index >= 15 is 0 Å². The minimum Gasteiger partial charge on any atom is -0.390 e. The van der Waals surface area contributed by atoms with Gasteiger partial charge in [0.15, 0.2) is 0 Å². The van der Waals surface area contributed by atoms with E-state index in [4.69, 9.17) is 0 Å². The van der Waals surface area contributed by atoms with Gasteiger partial charge in [-0.25, -0.2) is 0 Å². The van der Waals surface area contributed by atoms with Crippen molar-refractivity contribution in [2.75, 3.05) is 0 Å². The minimum absolute atomic E-state index is 0.107. The molecular weight excluding hydrogens is 168 g/mol. The molecule has 3 nitrogen and oxygen atoms in total. The molecule has 0 unspecified atom stereocenters. The molecule has 0 aromatic heterocycles. The van der Waals surface area contributed by atoms with Gasteiger partial charge in [-0.3, -0.25) is 0 Å². The van der Waals surface area contributed by atoms with Gasteiger partial charge in [-0.15, -0.1) is 0 Å². The third-order valence-corrected chi connectivity index (χ3v) is 3.24. The fourth-order valence-corrected chi connectivity index (χ4v) is 2.11. The van der Waals surface area contributed by atoms with Gasteiger partial charge in [0, 0.05) is 0 Å². The molecule has 0 radical (unpaired) electrons. The highest BCUT2D eigenvalue weighted by Crippen LogP contribution is 2.35. The van der Waals surface area contributed by atoms with Crippen LogP contribution in [0.2, 0.25) is 0 Å². The van der Waals surface area contributed by atoms with Crippen LogP contribution in [0.4, 0.5) is 0 Å². The first-order chi connectivity index (χ1) is 5.86. The first-order valence-electron chi connectivity index (χ1n) is 4.95. The number of aliphatic hydroxyl groups excluding tert-OH is 2. The molecule has 0 aromatic rings. The molecule has 1 rings (SSSR count). The van der Waals surface area contributed by atoms with Crippen molar-refractivity contribution in [1.29, 1.82) is 0 Å². The van der Waals surface area contributed by atoms with Gasteiger partial charge in [0.05, 0.1) is 11.7 Å². The lowest BCUT2D eigenvalue weighted by Crippen LogP contribution is -2.54. The largest absolute Gasteiger partial charge is 0.390 e. The van der Waals surface area contributed by atoms with Crippen LogP contribution in [0.5, 0.6) is 0 Å². The second-order valence-electron chi connectivity index (χ2n) is 4.74. The summed E-state index contributed by atoms with van der Waals surface area (Å²) >= 11 is 0. The van der Waals surface area contributed by atoms with Gasteiger partial charge >= 0.3 is 0 Å². The molecule has 0 bridgehead atoms. The Bertz CT molecular complexity index is 175. The zero-order chi connectivity index (χ0) is 10.2. The molecule has 0 aromatic carbocycles. The quantitative estimate of drug-likeness (QED) is 0.562. The topological polar surface area (TPSA) is 60.7 Å². The maximum absolute atomic E-state index is 9.73. The maximum Gasteiger partial charge on any atom is 0.108 e. The third-order valence-electron chi connectivity index (χ3n) is 3.24. The van der Waals surface area contributed by atoms with Crippen LogP contribution in [-0.4, -0.2) is 33.1 Å². The van der Waals surface area contributed by atoms with Crippen LogP contribution in [0.25, 0.3) is 0 Å². The summed E-state index contributed by atoms with van der Waals surface area (Å²) in [5.41, 5.74) is -1.12. The van der Waals surface area contributed by atoms with E-state index in [0.29, 0.717) is 12.3 Å². The van der Waals surface area contributed by atoms with E-state index in [1.54, 1.807) is 6.92 Å². The van der Waals surface area contributed by atoms with Crippen molar-refractivity contribution < 1.29 is 15.3 Å². The van der Waals surface area contributed by atoms with Crippen LogP contribution in [0.1, 0.15) is 33.6 Å². The SMILES string of the molecule is CC(C)[C@H]1CC[C@@](C)(O)[C@H](O)[C@@H]1O. The molecule has 0 amide bonds. The Morgan fingerprint density at radius 3 is 2.31 bits per heavy atom. The van der Waals surface area contributed by atoms with E-state index < -0.39 is 17.8 Å². The van der Waals surface area contributed by atoms with Gasteiger partial charge in [-0.1, -0.05) is 13.8 Å². The summed E-state index contributed by atoms with van der Waals surface area (Å²) in [6.07, 6.45) is -0.450. The third kappa shape index (κ3) is 2.03. The summed E-state index contributed by atoms with van der Waals surface area (Å²) in [7, 11) is 0. The van der Waals surface area contributed by atoms with E-state index in [1.807, 2.05) is 13.8 Å². The van der Waals surface area contributed by atoms with Crippen molar-refractivity contribution in [3.05, 3.63) is 0 Å². The minimum atomic E-state index is -1.12. The Hall–Kier alpha value is -0.120. The Kier molecular flexibility index (Phi) is 3.00. The van der Waals surface area contributed by atoms with E-state index in [1.165, 1.54) is 0 Å².